The highest BCUT2D eigenvalue weighted by molar-refractivity contribution is 5.92. The van der Waals surface area contributed by atoms with Gasteiger partial charge in [-0.3, -0.25) is 14.5 Å². The number of nitrogens with zero attached hydrogens (tertiary/aromatic N) is 1. The van der Waals surface area contributed by atoms with Gasteiger partial charge in [0.05, 0.1) is 20.2 Å². The van der Waals surface area contributed by atoms with Crippen LogP contribution in [0.2, 0.25) is 0 Å². The van der Waals surface area contributed by atoms with E-state index in [1.165, 1.54) is 19.3 Å². The zero-order valence-corrected chi connectivity index (χ0v) is 16.1. The minimum Gasteiger partial charge on any atom is -0.497 e. The summed E-state index contributed by atoms with van der Waals surface area (Å²) in [5.74, 6) is 1.08. The molecular formula is C20H31N3O3. The molecule has 1 aromatic carbocycles. The summed E-state index contributed by atoms with van der Waals surface area (Å²) in [6, 6.07) is 7.50. The number of hydrogen-bond donors (Lipinski definition) is 2. The minimum absolute atomic E-state index is 0.000203. The van der Waals surface area contributed by atoms with E-state index in [2.05, 4.69) is 17.6 Å². The third-order valence-electron chi connectivity index (χ3n) is 4.99. The molecule has 0 spiro atoms. The molecule has 1 aromatic rings. The molecule has 0 aliphatic heterocycles. The maximum atomic E-state index is 12.3. The molecule has 26 heavy (non-hydrogen) atoms. The molecular weight excluding hydrogens is 330 g/mol. The topological polar surface area (TPSA) is 70.7 Å². The maximum absolute atomic E-state index is 12.3. The van der Waals surface area contributed by atoms with Gasteiger partial charge in [0.15, 0.2) is 0 Å². The Morgan fingerprint density at radius 2 is 1.92 bits per heavy atom. The number of nitrogens with one attached hydrogen (secondary N) is 2. The van der Waals surface area contributed by atoms with Gasteiger partial charge in [0.1, 0.15) is 5.75 Å². The van der Waals surface area contributed by atoms with Gasteiger partial charge in [0.2, 0.25) is 11.8 Å². The number of rotatable bonds is 8. The Morgan fingerprint density at radius 1 is 1.19 bits per heavy atom. The zero-order valence-electron chi connectivity index (χ0n) is 16.1. The normalized spacial score (nSPS) is 19.8. The first-order chi connectivity index (χ1) is 12.5. The maximum Gasteiger partial charge on any atom is 0.238 e. The van der Waals surface area contributed by atoms with Crippen molar-refractivity contribution in [2.75, 3.05) is 32.1 Å². The van der Waals surface area contributed by atoms with E-state index in [-0.39, 0.29) is 30.9 Å². The number of likely N-dealkylation sites (N-methyl/N-ethyl adjacent to an activating group) is 1. The van der Waals surface area contributed by atoms with Crippen molar-refractivity contribution in [2.24, 2.45) is 5.92 Å². The van der Waals surface area contributed by atoms with Crippen LogP contribution in [-0.2, 0) is 9.59 Å². The number of methoxy groups -OCH3 is 1. The smallest absolute Gasteiger partial charge is 0.238 e. The lowest BCUT2D eigenvalue weighted by atomic mass is 9.86. The molecule has 2 atom stereocenters. The van der Waals surface area contributed by atoms with Crippen LogP contribution in [0.1, 0.15) is 39.5 Å². The molecule has 6 nitrogen and oxygen atoms in total. The van der Waals surface area contributed by atoms with Crippen LogP contribution in [0.3, 0.4) is 0 Å². The van der Waals surface area contributed by atoms with E-state index in [9.17, 15) is 9.59 Å². The second-order valence-electron chi connectivity index (χ2n) is 7.02. The Kier molecular flexibility index (Phi) is 7.91. The third kappa shape index (κ3) is 6.33. The molecule has 2 rings (SSSR count). The van der Waals surface area contributed by atoms with Gasteiger partial charge >= 0.3 is 0 Å². The summed E-state index contributed by atoms with van der Waals surface area (Å²) in [5, 5.41) is 5.99. The first-order valence-corrected chi connectivity index (χ1v) is 9.47. The average Bonchev–Trinajstić information content (AvgIpc) is 2.63. The van der Waals surface area contributed by atoms with Gasteiger partial charge in [-0.15, -0.1) is 0 Å². The average molecular weight is 361 g/mol. The van der Waals surface area contributed by atoms with Crippen molar-refractivity contribution in [1.82, 2.24) is 10.2 Å². The predicted octanol–water partition coefficient (Wildman–Crippen LogP) is 2.65. The molecule has 0 radical (unpaired) electrons. The fourth-order valence-electron chi connectivity index (χ4n) is 3.37. The first-order valence-electron chi connectivity index (χ1n) is 9.47. The fraction of sp³-hybridized carbons (Fsp3) is 0.600. The largest absolute Gasteiger partial charge is 0.497 e. The van der Waals surface area contributed by atoms with Crippen LogP contribution in [0.5, 0.6) is 5.75 Å². The minimum atomic E-state index is -0.140. The van der Waals surface area contributed by atoms with E-state index in [1.807, 2.05) is 30.0 Å². The summed E-state index contributed by atoms with van der Waals surface area (Å²) >= 11 is 0. The van der Waals surface area contributed by atoms with E-state index in [1.54, 1.807) is 13.2 Å². The Labute approximate surface area is 156 Å². The van der Waals surface area contributed by atoms with Crippen LogP contribution in [0.4, 0.5) is 5.69 Å². The molecule has 0 bridgehead atoms. The second-order valence-corrected chi connectivity index (χ2v) is 7.02. The summed E-state index contributed by atoms with van der Waals surface area (Å²) in [4.78, 5) is 26.5. The number of hydrogen-bond acceptors (Lipinski definition) is 4. The SMILES string of the molecule is CCN(CC(=O)Nc1cccc(OC)c1)CC(=O)N[C@@H]1CCCC[C@@H]1C. The Balaban J connectivity index is 1.81. The summed E-state index contributed by atoms with van der Waals surface area (Å²) in [7, 11) is 1.59. The first kappa shape index (κ1) is 20.2. The van der Waals surface area contributed by atoms with E-state index in [0.29, 0.717) is 23.9 Å². The molecule has 0 aromatic heterocycles. The number of carbonyl (C=O) groups is 2. The summed E-state index contributed by atoms with van der Waals surface area (Å²) in [6.45, 7) is 5.21. The van der Waals surface area contributed by atoms with E-state index in [4.69, 9.17) is 4.74 Å². The Hall–Kier alpha value is -2.08. The van der Waals surface area contributed by atoms with Crippen LogP contribution in [0, 0.1) is 5.92 Å². The summed E-state index contributed by atoms with van der Waals surface area (Å²) in [6.07, 6.45) is 4.65. The number of ether oxygens (including phenoxy) is 1. The second kappa shape index (κ2) is 10.2. The van der Waals surface area contributed by atoms with Crippen molar-refractivity contribution in [3.05, 3.63) is 24.3 Å². The van der Waals surface area contributed by atoms with E-state index < -0.39 is 0 Å². The molecule has 1 aliphatic carbocycles. The standard InChI is InChI=1S/C20H31N3O3/c1-4-23(14-20(25)22-18-11-6-5-8-15(18)2)13-19(24)21-16-9-7-10-17(12-16)26-3/h7,9-10,12,15,18H,4-6,8,11,13-14H2,1-3H3,(H,21,24)(H,22,25)/t15-,18+/m0/s1. The third-order valence-corrected chi connectivity index (χ3v) is 4.99. The van der Waals surface area contributed by atoms with Gasteiger partial charge in [-0.05, 0) is 37.4 Å². The van der Waals surface area contributed by atoms with Crippen LogP contribution in [-0.4, -0.2) is 49.5 Å². The van der Waals surface area contributed by atoms with Gasteiger partial charge in [0.25, 0.3) is 0 Å². The highest BCUT2D eigenvalue weighted by Crippen LogP contribution is 2.23. The van der Waals surface area contributed by atoms with Crippen molar-refractivity contribution in [3.63, 3.8) is 0 Å². The van der Waals surface area contributed by atoms with Crippen molar-refractivity contribution >= 4 is 17.5 Å². The van der Waals surface area contributed by atoms with Crippen molar-refractivity contribution in [2.45, 2.75) is 45.6 Å². The van der Waals surface area contributed by atoms with Crippen LogP contribution in [0.25, 0.3) is 0 Å². The van der Waals surface area contributed by atoms with Gasteiger partial charge in [-0.2, -0.15) is 0 Å². The fourth-order valence-corrected chi connectivity index (χ4v) is 3.37. The highest BCUT2D eigenvalue weighted by atomic mass is 16.5. The van der Waals surface area contributed by atoms with Crippen LogP contribution >= 0.6 is 0 Å². The predicted molar refractivity (Wildman–Crippen MR) is 103 cm³/mol. The molecule has 2 amide bonds. The lowest BCUT2D eigenvalue weighted by Crippen LogP contribution is -2.47. The molecule has 2 N–H and O–H groups in total. The van der Waals surface area contributed by atoms with Crippen molar-refractivity contribution in [3.8, 4) is 5.75 Å². The number of benzene rings is 1. The van der Waals surface area contributed by atoms with E-state index in [0.717, 1.165) is 6.42 Å². The molecule has 1 aliphatic rings. The van der Waals surface area contributed by atoms with Crippen molar-refractivity contribution in [1.29, 1.82) is 0 Å². The lowest BCUT2D eigenvalue weighted by molar-refractivity contribution is -0.124. The Bertz CT molecular complexity index is 606. The number of carbonyl (C=O) groups excluding carboxylic acids is 2. The van der Waals surface area contributed by atoms with Crippen LogP contribution in [0.15, 0.2) is 24.3 Å². The molecule has 1 fully saturated rings. The summed E-state index contributed by atoms with van der Waals surface area (Å²) in [5.41, 5.74) is 0.686. The Morgan fingerprint density at radius 3 is 2.62 bits per heavy atom. The molecule has 0 unspecified atom stereocenters. The number of anilines is 1. The van der Waals surface area contributed by atoms with Gasteiger partial charge in [0, 0.05) is 17.8 Å². The molecule has 6 heteroatoms. The van der Waals surface area contributed by atoms with E-state index >= 15 is 0 Å². The molecule has 0 saturated heterocycles. The van der Waals surface area contributed by atoms with Gasteiger partial charge < -0.3 is 15.4 Å². The van der Waals surface area contributed by atoms with Crippen LogP contribution < -0.4 is 15.4 Å². The van der Waals surface area contributed by atoms with Gasteiger partial charge in [-0.25, -0.2) is 0 Å². The molecule has 1 saturated carbocycles. The highest BCUT2D eigenvalue weighted by Gasteiger charge is 2.23. The number of amides is 2. The lowest BCUT2D eigenvalue weighted by Gasteiger charge is -2.30. The van der Waals surface area contributed by atoms with Gasteiger partial charge in [-0.1, -0.05) is 32.8 Å². The zero-order chi connectivity index (χ0) is 18.9. The van der Waals surface area contributed by atoms with Crippen molar-refractivity contribution < 1.29 is 14.3 Å². The monoisotopic (exact) mass is 361 g/mol. The quantitative estimate of drug-likeness (QED) is 0.747. The summed E-state index contributed by atoms with van der Waals surface area (Å²) < 4.78 is 5.16. The molecule has 0 heterocycles. The molecule has 144 valence electrons.